The summed E-state index contributed by atoms with van der Waals surface area (Å²) in [5.74, 6) is 0.0202. The molecule has 0 bridgehead atoms. The second kappa shape index (κ2) is 8.02. The van der Waals surface area contributed by atoms with Crippen LogP contribution in [0.25, 0.3) is 0 Å². The largest absolute Gasteiger partial charge is 0.482 e. The summed E-state index contributed by atoms with van der Waals surface area (Å²) in [5.41, 5.74) is 0.550. The van der Waals surface area contributed by atoms with Crippen molar-refractivity contribution in [2.45, 2.75) is 32.8 Å². The van der Waals surface area contributed by atoms with Crippen LogP contribution in [0.1, 0.15) is 38.4 Å². The monoisotopic (exact) mass is 286 g/mol. The number of benzene rings is 1. The van der Waals surface area contributed by atoms with E-state index >= 15 is 0 Å². The number of carbonyl (C=O) groups is 1. The van der Waals surface area contributed by atoms with E-state index < -0.39 is 12.1 Å². The average molecular weight is 287 g/mol. The van der Waals surface area contributed by atoms with Crippen molar-refractivity contribution in [2.75, 3.05) is 13.2 Å². The fourth-order valence-corrected chi connectivity index (χ4v) is 1.67. The third-order valence-electron chi connectivity index (χ3n) is 2.53. The van der Waals surface area contributed by atoms with Crippen molar-refractivity contribution < 1.29 is 19.4 Å². The molecule has 0 radical (unpaired) electrons. The van der Waals surface area contributed by atoms with E-state index in [9.17, 15) is 9.90 Å². The Morgan fingerprint density at radius 2 is 2.21 bits per heavy atom. The molecule has 106 valence electrons. The van der Waals surface area contributed by atoms with Gasteiger partial charge in [0, 0.05) is 10.6 Å². The summed E-state index contributed by atoms with van der Waals surface area (Å²) >= 11 is 5.85. The lowest BCUT2D eigenvalue weighted by atomic mass is 10.1. The minimum absolute atomic E-state index is 0.176. The van der Waals surface area contributed by atoms with Gasteiger partial charge in [0.1, 0.15) is 5.75 Å². The van der Waals surface area contributed by atoms with Gasteiger partial charge in [-0.3, -0.25) is 0 Å². The van der Waals surface area contributed by atoms with Gasteiger partial charge in [-0.25, -0.2) is 4.79 Å². The summed E-state index contributed by atoms with van der Waals surface area (Å²) in [6.07, 6.45) is 1.09. The summed E-state index contributed by atoms with van der Waals surface area (Å²) in [6, 6.07) is 4.89. The van der Waals surface area contributed by atoms with Crippen molar-refractivity contribution in [2.24, 2.45) is 0 Å². The van der Waals surface area contributed by atoms with E-state index in [0.29, 0.717) is 22.9 Å². The first kappa shape index (κ1) is 15.8. The molecule has 1 aromatic carbocycles. The van der Waals surface area contributed by atoms with Gasteiger partial charge in [-0.05, 0) is 31.5 Å². The highest BCUT2D eigenvalue weighted by molar-refractivity contribution is 6.30. The number of esters is 1. The van der Waals surface area contributed by atoms with Crippen molar-refractivity contribution in [1.82, 2.24) is 0 Å². The second-order valence-electron chi connectivity index (χ2n) is 4.22. The van der Waals surface area contributed by atoms with E-state index in [1.807, 2.05) is 6.92 Å². The van der Waals surface area contributed by atoms with Crippen LogP contribution >= 0.6 is 11.6 Å². The lowest BCUT2D eigenvalue weighted by Crippen LogP contribution is -2.16. The zero-order valence-corrected chi connectivity index (χ0v) is 11.9. The van der Waals surface area contributed by atoms with Gasteiger partial charge in [0.15, 0.2) is 6.61 Å². The predicted octanol–water partition coefficient (Wildman–Crippen LogP) is 3.12. The molecule has 0 amide bonds. The summed E-state index contributed by atoms with van der Waals surface area (Å²) in [7, 11) is 0. The summed E-state index contributed by atoms with van der Waals surface area (Å²) in [6.45, 7) is 3.86. The van der Waals surface area contributed by atoms with Crippen LogP contribution in [-0.4, -0.2) is 24.3 Å². The van der Waals surface area contributed by atoms with E-state index in [2.05, 4.69) is 0 Å². The maximum Gasteiger partial charge on any atom is 0.344 e. The average Bonchev–Trinajstić information content (AvgIpc) is 2.37. The first-order valence-electron chi connectivity index (χ1n) is 6.30. The van der Waals surface area contributed by atoms with Crippen LogP contribution in [0.15, 0.2) is 18.2 Å². The number of unbranched alkanes of at least 4 members (excludes halogenated alkanes) is 1. The topological polar surface area (TPSA) is 55.8 Å². The number of hydrogen-bond donors (Lipinski definition) is 1. The molecule has 0 saturated carbocycles. The normalized spacial score (nSPS) is 12.0. The lowest BCUT2D eigenvalue weighted by molar-refractivity contribution is -0.146. The molecule has 0 heterocycles. The quantitative estimate of drug-likeness (QED) is 0.618. The van der Waals surface area contributed by atoms with Crippen LogP contribution in [0.4, 0.5) is 0 Å². The smallest absolute Gasteiger partial charge is 0.344 e. The summed E-state index contributed by atoms with van der Waals surface area (Å²) < 4.78 is 10.3. The van der Waals surface area contributed by atoms with E-state index in [0.717, 1.165) is 12.8 Å². The van der Waals surface area contributed by atoms with Crippen molar-refractivity contribution in [3.63, 3.8) is 0 Å². The molecule has 0 spiro atoms. The molecule has 1 atom stereocenters. The molecule has 1 rings (SSSR count). The molecule has 0 fully saturated rings. The minimum Gasteiger partial charge on any atom is -0.482 e. The number of carbonyl (C=O) groups excluding carboxylic acids is 1. The third-order valence-corrected chi connectivity index (χ3v) is 2.76. The van der Waals surface area contributed by atoms with Gasteiger partial charge < -0.3 is 14.6 Å². The van der Waals surface area contributed by atoms with Crippen LogP contribution < -0.4 is 4.74 Å². The van der Waals surface area contributed by atoms with Gasteiger partial charge in [-0.2, -0.15) is 0 Å². The molecular formula is C14H19ClO4. The highest BCUT2D eigenvalue weighted by Crippen LogP contribution is 2.28. The first-order chi connectivity index (χ1) is 9.04. The number of aliphatic hydroxyl groups excluding tert-OH is 1. The summed E-state index contributed by atoms with van der Waals surface area (Å²) in [4.78, 5) is 11.4. The van der Waals surface area contributed by atoms with Crippen molar-refractivity contribution in [3.8, 4) is 5.75 Å². The van der Waals surface area contributed by atoms with E-state index in [1.165, 1.54) is 0 Å². The van der Waals surface area contributed by atoms with E-state index in [1.54, 1.807) is 25.1 Å². The zero-order chi connectivity index (χ0) is 14.3. The molecule has 4 nitrogen and oxygen atoms in total. The van der Waals surface area contributed by atoms with Crippen LogP contribution in [0.2, 0.25) is 5.02 Å². The third kappa shape index (κ3) is 5.49. The molecule has 0 aliphatic heterocycles. The van der Waals surface area contributed by atoms with Gasteiger partial charge in [0.2, 0.25) is 0 Å². The fourth-order valence-electron chi connectivity index (χ4n) is 1.49. The lowest BCUT2D eigenvalue weighted by Gasteiger charge is -2.13. The molecule has 19 heavy (non-hydrogen) atoms. The number of rotatable bonds is 7. The van der Waals surface area contributed by atoms with Crippen LogP contribution in [0.3, 0.4) is 0 Å². The zero-order valence-electron chi connectivity index (χ0n) is 11.2. The number of aliphatic hydroxyl groups is 1. The Balaban J connectivity index is 2.55. The maximum atomic E-state index is 11.4. The maximum absolute atomic E-state index is 11.4. The number of hydrogen-bond acceptors (Lipinski definition) is 4. The standard InChI is InChI=1S/C14H19ClO4/c1-3-4-7-18-14(17)9-19-13-6-5-11(15)8-12(13)10(2)16/h5-6,8,10,16H,3-4,7,9H2,1-2H3/t10-/m1/s1. The van der Waals surface area contributed by atoms with Gasteiger partial charge in [-0.15, -0.1) is 0 Å². The van der Waals surface area contributed by atoms with Gasteiger partial charge in [0.25, 0.3) is 0 Å². The molecule has 0 saturated heterocycles. The Labute approximate surface area is 118 Å². The summed E-state index contributed by atoms with van der Waals surface area (Å²) in [5, 5.41) is 10.1. The highest BCUT2D eigenvalue weighted by Gasteiger charge is 2.12. The van der Waals surface area contributed by atoms with Crippen molar-refractivity contribution in [1.29, 1.82) is 0 Å². The predicted molar refractivity (Wildman–Crippen MR) is 73.4 cm³/mol. The Kier molecular flexibility index (Phi) is 6.67. The van der Waals surface area contributed by atoms with Crippen LogP contribution in [0.5, 0.6) is 5.75 Å². The molecule has 0 aliphatic rings. The van der Waals surface area contributed by atoms with Gasteiger partial charge in [-0.1, -0.05) is 24.9 Å². The molecule has 1 aromatic rings. The van der Waals surface area contributed by atoms with Crippen LogP contribution in [-0.2, 0) is 9.53 Å². The van der Waals surface area contributed by atoms with Crippen molar-refractivity contribution in [3.05, 3.63) is 28.8 Å². The Hall–Kier alpha value is -1.26. The van der Waals surface area contributed by atoms with Crippen LogP contribution in [0, 0.1) is 0 Å². The molecule has 5 heteroatoms. The number of halogens is 1. The van der Waals surface area contributed by atoms with Gasteiger partial charge in [0.05, 0.1) is 12.7 Å². The molecule has 0 aliphatic carbocycles. The first-order valence-corrected chi connectivity index (χ1v) is 6.68. The molecule has 1 N–H and O–H groups in total. The second-order valence-corrected chi connectivity index (χ2v) is 4.66. The van der Waals surface area contributed by atoms with E-state index in [-0.39, 0.29) is 6.61 Å². The number of ether oxygens (including phenoxy) is 2. The molecular weight excluding hydrogens is 268 g/mol. The van der Waals surface area contributed by atoms with Crippen molar-refractivity contribution >= 4 is 17.6 Å². The minimum atomic E-state index is -0.718. The molecule has 0 unspecified atom stereocenters. The Morgan fingerprint density at radius 3 is 2.84 bits per heavy atom. The van der Waals surface area contributed by atoms with Gasteiger partial charge >= 0.3 is 5.97 Å². The highest BCUT2D eigenvalue weighted by atomic mass is 35.5. The Morgan fingerprint density at radius 1 is 1.47 bits per heavy atom. The fraction of sp³-hybridized carbons (Fsp3) is 0.500. The SMILES string of the molecule is CCCCOC(=O)COc1ccc(Cl)cc1[C@@H](C)O. The Bertz CT molecular complexity index is 418. The molecule has 0 aromatic heterocycles. The van der Waals surface area contributed by atoms with E-state index in [4.69, 9.17) is 21.1 Å².